The second-order valence-electron chi connectivity index (χ2n) is 1.62. The summed E-state index contributed by atoms with van der Waals surface area (Å²) in [5.41, 5.74) is 0. The third-order valence-corrected chi connectivity index (χ3v) is 1.76. The van der Waals surface area contributed by atoms with Gasteiger partial charge >= 0.3 is 0 Å². The molecule has 60 valence electrons. The minimum absolute atomic E-state index is 0.211. The zero-order chi connectivity index (χ0) is 8.41. The lowest BCUT2D eigenvalue weighted by Gasteiger charge is -1.83. The summed E-state index contributed by atoms with van der Waals surface area (Å²) in [4.78, 5) is 0. The molecular weight excluding hydrogens is 180 g/mol. The Hall–Kier alpha value is -0.400. The van der Waals surface area contributed by atoms with Crippen LogP contribution in [0.4, 0.5) is 0 Å². The molecule has 0 saturated carbocycles. The lowest BCUT2D eigenvalue weighted by Crippen LogP contribution is -1.94. The summed E-state index contributed by atoms with van der Waals surface area (Å²) in [6.07, 6.45) is 0.814. The number of hydrogen-bond acceptors (Lipinski definition) is 4. The molecule has 0 aliphatic rings. The van der Waals surface area contributed by atoms with Gasteiger partial charge in [-0.3, -0.25) is 4.55 Å². The fraction of sp³-hybridized carbons (Fsp3) is 0.333. The van der Waals surface area contributed by atoms with Crippen molar-refractivity contribution in [3.8, 4) is 0 Å². The molecule has 0 heterocycles. The van der Waals surface area contributed by atoms with Gasteiger partial charge in [0.05, 0.1) is 5.41 Å². The van der Waals surface area contributed by atoms with E-state index in [0.29, 0.717) is 5.41 Å². The van der Waals surface area contributed by atoms with Gasteiger partial charge in [0.1, 0.15) is 0 Å². The standard InChI is InChI=1S/C3H6O5S2/c1-9(4,5)2-3-10(6,7)8/h2-3H,1H3,(H,6,7,8). The summed E-state index contributed by atoms with van der Waals surface area (Å²) in [6, 6.07) is 0. The monoisotopic (exact) mass is 186 g/mol. The number of hydrogen-bond donors (Lipinski definition) is 1. The van der Waals surface area contributed by atoms with E-state index in [0.717, 1.165) is 6.26 Å². The van der Waals surface area contributed by atoms with Crippen molar-refractivity contribution in [3.05, 3.63) is 10.8 Å². The fourth-order valence-corrected chi connectivity index (χ4v) is 1.54. The van der Waals surface area contributed by atoms with E-state index in [2.05, 4.69) is 0 Å². The van der Waals surface area contributed by atoms with Gasteiger partial charge in [0.25, 0.3) is 10.1 Å². The van der Waals surface area contributed by atoms with Crippen LogP contribution in [-0.4, -0.2) is 27.6 Å². The van der Waals surface area contributed by atoms with E-state index in [-0.39, 0.29) is 5.41 Å². The molecule has 10 heavy (non-hydrogen) atoms. The minimum Gasteiger partial charge on any atom is -0.282 e. The maximum Gasteiger partial charge on any atom is 0.288 e. The molecule has 7 heteroatoms. The molecule has 0 fully saturated rings. The summed E-state index contributed by atoms with van der Waals surface area (Å²) in [5.74, 6) is 0. The molecule has 0 aliphatic carbocycles. The molecule has 0 spiro atoms. The van der Waals surface area contributed by atoms with E-state index < -0.39 is 20.0 Å². The topological polar surface area (TPSA) is 88.5 Å². The van der Waals surface area contributed by atoms with Crippen molar-refractivity contribution in [2.75, 3.05) is 6.26 Å². The largest absolute Gasteiger partial charge is 0.288 e. The minimum atomic E-state index is -4.32. The molecule has 0 rings (SSSR count). The predicted octanol–water partition coefficient (Wildman–Crippen LogP) is -0.610. The molecule has 0 bridgehead atoms. The highest BCUT2D eigenvalue weighted by Gasteiger charge is 1.99. The Labute approximate surface area is 59.0 Å². The summed E-state index contributed by atoms with van der Waals surface area (Å²) in [6.45, 7) is 0. The average molecular weight is 186 g/mol. The van der Waals surface area contributed by atoms with Gasteiger partial charge in [-0.2, -0.15) is 8.42 Å². The summed E-state index contributed by atoms with van der Waals surface area (Å²) >= 11 is 0. The Balaban J connectivity index is 4.64. The maximum atomic E-state index is 10.2. The second-order valence-corrected chi connectivity index (χ2v) is 4.85. The zero-order valence-corrected chi connectivity index (χ0v) is 6.68. The van der Waals surface area contributed by atoms with Crippen molar-refractivity contribution in [1.29, 1.82) is 0 Å². The average Bonchev–Trinajstić information content (AvgIpc) is 1.57. The van der Waals surface area contributed by atoms with Gasteiger partial charge in [-0.15, -0.1) is 0 Å². The van der Waals surface area contributed by atoms with Crippen LogP contribution < -0.4 is 0 Å². The second kappa shape index (κ2) is 2.69. The summed E-state index contributed by atoms with van der Waals surface area (Å²) in [7, 11) is -7.79. The van der Waals surface area contributed by atoms with Crippen LogP contribution in [0.3, 0.4) is 0 Å². The molecule has 1 N–H and O–H groups in total. The van der Waals surface area contributed by atoms with E-state index in [9.17, 15) is 16.8 Å². The molecule has 0 aromatic heterocycles. The molecule has 0 aromatic rings. The number of rotatable bonds is 2. The Bertz CT molecular complexity index is 284. The van der Waals surface area contributed by atoms with Crippen molar-refractivity contribution in [1.82, 2.24) is 0 Å². The van der Waals surface area contributed by atoms with E-state index >= 15 is 0 Å². The highest BCUT2D eigenvalue weighted by molar-refractivity contribution is 7.95. The molecule has 0 radical (unpaired) electrons. The van der Waals surface area contributed by atoms with Crippen LogP contribution in [0.15, 0.2) is 10.8 Å². The van der Waals surface area contributed by atoms with Gasteiger partial charge in [-0.05, 0) is 0 Å². The first kappa shape index (κ1) is 9.60. The van der Waals surface area contributed by atoms with Crippen molar-refractivity contribution in [2.45, 2.75) is 0 Å². The summed E-state index contributed by atoms with van der Waals surface area (Å²) < 4.78 is 48.2. The van der Waals surface area contributed by atoms with E-state index in [1.54, 1.807) is 0 Å². The van der Waals surface area contributed by atoms with Crippen LogP contribution in [0.2, 0.25) is 0 Å². The van der Waals surface area contributed by atoms with Crippen molar-refractivity contribution in [3.63, 3.8) is 0 Å². The maximum absolute atomic E-state index is 10.2. The molecule has 0 atom stereocenters. The van der Waals surface area contributed by atoms with Crippen LogP contribution in [0.25, 0.3) is 0 Å². The Kier molecular flexibility index (Phi) is 2.58. The highest BCUT2D eigenvalue weighted by atomic mass is 32.2. The molecule has 0 saturated heterocycles. The van der Waals surface area contributed by atoms with E-state index in [1.807, 2.05) is 0 Å². The normalized spacial score (nSPS) is 14.2. The van der Waals surface area contributed by atoms with Crippen LogP contribution in [0.1, 0.15) is 0 Å². The lowest BCUT2D eigenvalue weighted by atomic mass is 11.3. The Morgan fingerprint density at radius 2 is 1.50 bits per heavy atom. The van der Waals surface area contributed by atoms with Crippen molar-refractivity contribution < 1.29 is 21.4 Å². The molecule has 0 aliphatic heterocycles. The van der Waals surface area contributed by atoms with Crippen LogP contribution in [0.5, 0.6) is 0 Å². The Morgan fingerprint density at radius 1 is 1.10 bits per heavy atom. The van der Waals surface area contributed by atoms with Crippen molar-refractivity contribution >= 4 is 20.0 Å². The SMILES string of the molecule is CS(=O)(=O)C=CS(=O)(=O)O. The van der Waals surface area contributed by atoms with Crippen LogP contribution in [0, 0.1) is 0 Å². The summed E-state index contributed by atoms with van der Waals surface area (Å²) in [5, 5.41) is 0.616. The smallest absolute Gasteiger partial charge is 0.282 e. The molecular formula is C3H6O5S2. The van der Waals surface area contributed by atoms with E-state index in [4.69, 9.17) is 4.55 Å². The molecule has 0 unspecified atom stereocenters. The van der Waals surface area contributed by atoms with Gasteiger partial charge in [-0.25, -0.2) is 8.42 Å². The zero-order valence-electron chi connectivity index (χ0n) is 5.05. The quantitative estimate of drug-likeness (QED) is 0.581. The molecule has 0 aromatic carbocycles. The third-order valence-electron chi connectivity index (χ3n) is 0.475. The predicted molar refractivity (Wildman–Crippen MR) is 35.5 cm³/mol. The van der Waals surface area contributed by atoms with Gasteiger partial charge in [0.2, 0.25) is 0 Å². The fourth-order valence-electron chi connectivity index (χ4n) is 0.171. The molecule has 5 nitrogen and oxygen atoms in total. The van der Waals surface area contributed by atoms with Gasteiger partial charge in [-0.1, -0.05) is 0 Å². The van der Waals surface area contributed by atoms with Crippen LogP contribution in [-0.2, 0) is 20.0 Å². The third kappa shape index (κ3) is 7.60. The Morgan fingerprint density at radius 3 is 1.60 bits per heavy atom. The number of sulfone groups is 1. The molecule has 0 amide bonds. The van der Waals surface area contributed by atoms with E-state index in [1.165, 1.54) is 0 Å². The highest BCUT2D eigenvalue weighted by Crippen LogP contribution is 1.89. The first-order chi connectivity index (χ1) is 4.21. The first-order valence-electron chi connectivity index (χ1n) is 2.06. The van der Waals surface area contributed by atoms with Gasteiger partial charge in [0.15, 0.2) is 9.84 Å². The lowest BCUT2D eigenvalue weighted by molar-refractivity contribution is 0.494. The van der Waals surface area contributed by atoms with Gasteiger partial charge < -0.3 is 0 Å². The van der Waals surface area contributed by atoms with Crippen LogP contribution >= 0.6 is 0 Å². The van der Waals surface area contributed by atoms with Crippen molar-refractivity contribution in [2.24, 2.45) is 0 Å². The first-order valence-corrected chi connectivity index (χ1v) is 5.52. The van der Waals surface area contributed by atoms with Gasteiger partial charge in [0, 0.05) is 11.7 Å².